The molecule has 0 aromatic heterocycles. The van der Waals surface area contributed by atoms with Gasteiger partial charge in [0.25, 0.3) is 0 Å². The minimum absolute atomic E-state index is 0.239. The molecule has 4 aromatic rings. The third kappa shape index (κ3) is 5.49. The molecule has 4 nitrogen and oxygen atoms in total. The van der Waals surface area contributed by atoms with Crippen molar-refractivity contribution in [3.05, 3.63) is 131 Å². The van der Waals surface area contributed by atoms with Gasteiger partial charge in [-0.25, -0.2) is 9.59 Å². The molecule has 0 saturated heterocycles. The number of ether oxygens (including phenoxy) is 2. The largest absolute Gasteiger partial charge is 0.457 e. The Morgan fingerprint density at radius 2 is 0.812 bits per heavy atom. The van der Waals surface area contributed by atoms with Gasteiger partial charge in [-0.05, 0) is 46.5 Å². The number of rotatable bonds is 7. The fraction of sp³-hybridized carbons (Fsp3) is 0.0714. The Morgan fingerprint density at radius 3 is 1.16 bits per heavy atom. The fourth-order valence-corrected chi connectivity index (χ4v) is 3.21. The van der Waals surface area contributed by atoms with Crippen LogP contribution in [0.15, 0.2) is 109 Å². The molecular formula is C28H22O4. The van der Waals surface area contributed by atoms with E-state index in [9.17, 15) is 9.59 Å². The number of esters is 2. The van der Waals surface area contributed by atoms with Crippen LogP contribution in [-0.2, 0) is 22.7 Å². The summed E-state index contributed by atoms with van der Waals surface area (Å²) in [5.74, 6) is -0.728. The second-order valence-electron chi connectivity index (χ2n) is 7.28. The first-order valence-corrected chi connectivity index (χ1v) is 10.3. The van der Waals surface area contributed by atoms with Crippen LogP contribution in [0, 0.1) is 0 Å². The molecule has 0 amide bonds. The fourth-order valence-electron chi connectivity index (χ4n) is 3.21. The monoisotopic (exact) mass is 422 g/mol. The van der Waals surface area contributed by atoms with E-state index in [2.05, 4.69) is 0 Å². The third-order valence-corrected chi connectivity index (χ3v) is 5.00. The summed E-state index contributed by atoms with van der Waals surface area (Å²) in [6.45, 7) is 0.479. The Balaban J connectivity index is 1.34. The van der Waals surface area contributed by atoms with Crippen LogP contribution < -0.4 is 0 Å². The van der Waals surface area contributed by atoms with Gasteiger partial charge in [0.1, 0.15) is 13.2 Å². The minimum atomic E-state index is -0.364. The van der Waals surface area contributed by atoms with Crippen molar-refractivity contribution in [3.63, 3.8) is 0 Å². The zero-order valence-electron chi connectivity index (χ0n) is 17.4. The normalized spacial score (nSPS) is 10.4. The van der Waals surface area contributed by atoms with Crippen LogP contribution in [0.25, 0.3) is 11.1 Å². The highest BCUT2D eigenvalue weighted by atomic mass is 16.5. The molecule has 0 N–H and O–H groups in total. The number of benzene rings is 4. The molecule has 0 aliphatic carbocycles. The summed E-state index contributed by atoms with van der Waals surface area (Å²) in [4.78, 5) is 24.6. The van der Waals surface area contributed by atoms with Gasteiger partial charge in [-0.3, -0.25) is 0 Å². The smallest absolute Gasteiger partial charge is 0.338 e. The van der Waals surface area contributed by atoms with Gasteiger partial charge >= 0.3 is 11.9 Å². The molecule has 0 fully saturated rings. The van der Waals surface area contributed by atoms with Crippen LogP contribution >= 0.6 is 0 Å². The minimum Gasteiger partial charge on any atom is -0.457 e. The van der Waals surface area contributed by atoms with Gasteiger partial charge in [-0.1, -0.05) is 84.9 Å². The van der Waals surface area contributed by atoms with E-state index < -0.39 is 0 Å². The van der Waals surface area contributed by atoms with Crippen molar-refractivity contribution in [2.45, 2.75) is 13.2 Å². The Bertz CT molecular complexity index is 1070. The molecule has 0 atom stereocenters. The van der Waals surface area contributed by atoms with Crippen LogP contribution in [0.4, 0.5) is 0 Å². The number of hydrogen-bond donors (Lipinski definition) is 0. The van der Waals surface area contributed by atoms with E-state index in [0.29, 0.717) is 11.1 Å². The maximum Gasteiger partial charge on any atom is 0.338 e. The molecule has 0 aliphatic heterocycles. The van der Waals surface area contributed by atoms with Crippen LogP contribution in [0.2, 0.25) is 0 Å². The third-order valence-electron chi connectivity index (χ3n) is 5.00. The van der Waals surface area contributed by atoms with Gasteiger partial charge in [-0.15, -0.1) is 0 Å². The van der Waals surface area contributed by atoms with Crippen molar-refractivity contribution in [1.29, 1.82) is 0 Å². The van der Waals surface area contributed by atoms with Gasteiger partial charge in [0.15, 0.2) is 0 Å². The molecular weight excluding hydrogens is 400 g/mol. The van der Waals surface area contributed by atoms with Crippen LogP contribution in [-0.4, -0.2) is 11.9 Å². The van der Waals surface area contributed by atoms with E-state index in [-0.39, 0.29) is 25.2 Å². The van der Waals surface area contributed by atoms with Crippen molar-refractivity contribution in [1.82, 2.24) is 0 Å². The van der Waals surface area contributed by atoms with Crippen molar-refractivity contribution in [2.24, 2.45) is 0 Å². The Labute approximate surface area is 187 Å². The van der Waals surface area contributed by atoms with E-state index in [4.69, 9.17) is 9.47 Å². The van der Waals surface area contributed by atoms with Gasteiger partial charge < -0.3 is 9.47 Å². The number of hydrogen-bond acceptors (Lipinski definition) is 4. The average Bonchev–Trinajstić information content (AvgIpc) is 2.87. The van der Waals surface area contributed by atoms with Gasteiger partial charge in [0.05, 0.1) is 11.1 Å². The van der Waals surface area contributed by atoms with Crippen molar-refractivity contribution < 1.29 is 19.1 Å². The molecule has 0 spiro atoms. The quantitative estimate of drug-likeness (QED) is 0.339. The van der Waals surface area contributed by atoms with E-state index in [1.54, 1.807) is 24.3 Å². The lowest BCUT2D eigenvalue weighted by Crippen LogP contribution is -2.05. The zero-order chi connectivity index (χ0) is 22.2. The molecule has 0 aliphatic rings. The summed E-state index contributed by atoms with van der Waals surface area (Å²) in [6, 6.07) is 33.5. The lowest BCUT2D eigenvalue weighted by Gasteiger charge is -2.08. The van der Waals surface area contributed by atoms with Crippen molar-refractivity contribution in [3.8, 4) is 11.1 Å². The molecule has 4 heteroatoms. The van der Waals surface area contributed by atoms with Gasteiger partial charge in [0.2, 0.25) is 0 Å². The first kappa shape index (κ1) is 21.1. The highest BCUT2D eigenvalue weighted by Gasteiger charge is 2.10. The molecule has 0 heterocycles. The molecule has 0 radical (unpaired) electrons. The summed E-state index contributed by atoms with van der Waals surface area (Å²) in [5, 5.41) is 0. The molecule has 4 aromatic carbocycles. The van der Waals surface area contributed by atoms with E-state index in [1.807, 2.05) is 84.9 Å². The molecule has 0 saturated carbocycles. The first-order chi connectivity index (χ1) is 15.7. The molecule has 0 unspecified atom stereocenters. The molecule has 4 rings (SSSR count). The topological polar surface area (TPSA) is 52.6 Å². The van der Waals surface area contributed by atoms with Crippen LogP contribution in [0.1, 0.15) is 31.8 Å². The standard InChI is InChI=1S/C28H22O4/c29-27(31-19-21-7-3-1-4-8-21)25-15-11-23(12-16-25)24-13-17-26(18-14-24)28(30)32-20-22-9-5-2-6-10-22/h1-18H,19-20H2. The average molecular weight is 422 g/mol. The summed E-state index contributed by atoms with van der Waals surface area (Å²) in [5.41, 5.74) is 4.75. The zero-order valence-corrected chi connectivity index (χ0v) is 17.4. The molecule has 158 valence electrons. The summed E-state index contributed by atoms with van der Waals surface area (Å²) in [6.07, 6.45) is 0. The first-order valence-electron chi connectivity index (χ1n) is 10.3. The number of carbonyl (C=O) groups is 2. The van der Waals surface area contributed by atoms with Crippen molar-refractivity contribution in [2.75, 3.05) is 0 Å². The summed E-state index contributed by atoms with van der Waals surface area (Å²) >= 11 is 0. The molecule has 0 bridgehead atoms. The second kappa shape index (κ2) is 10.2. The lowest BCUT2D eigenvalue weighted by atomic mass is 10.0. The molecule has 32 heavy (non-hydrogen) atoms. The Kier molecular flexibility index (Phi) is 6.73. The summed E-state index contributed by atoms with van der Waals surface area (Å²) in [7, 11) is 0. The number of carbonyl (C=O) groups excluding carboxylic acids is 2. The Hall–Kier alpha value is -4.18. The second-order valence-corrected chi connectivity index (χ2v) is 7.28. The van der Waals surface area contributed by atoms with Gasteiger partial charge in [0, 0.05) is 0 Å². The van der Waals surface area contributed by atoms with Crippen molar-refractivity contribution >= 4 is 11.9 Å². The van der Waals surface area contributed by atoms with Crippen LogP contribution in [0.3, 0.4) is 0 Å². The van der Waals surface area contributed by atoms with Crippen LogP contribution in [0.5, 0.6) is 0 Å². The van der Waals surface area contributed by atoms with E-state index in [1.165, 1.54) is 0 Å². The maximum atomic E-state index is 12.3. The van der Waals surface area contributed by atoms with E-state index in [0.717, 1.165) is 22.3 Å². The highest BCUT2D eigenvalue weighted by molar-refractivity contribution is 5.91. The SMILES string of the molecule is O=C(OCc1ccccc1)c1ccc(-c2ccc(C(=O)OCc3ccccc3)cc2)cc1. The lowest BCUT2D eigenvalue weighted by molar-refractivity contribution is 0.0464. The predicted molar refractivity (Wildman–Crippen MR) is 123 cm³/mol. The maximum absolute atomic E-state index is 12.3. The van der Waals surface area contributed by atoms with Gasteiger partial charge in [-0.2, -0.15) is 0 Å². The predicted octanol–water partition coefficient (Wildman–Crippen LogP) is 6.07. The Morgan fingerprint density at radius 1 is 0.469 bits per heavy atom. The highest BCUT2D eigenvalue weighted by Crippen LogP contribution is 2.21. The van der Waals surface area contributed by atoms with E-state index >= 15 is 0 Å². The summed E-state index contributed by atoms with van der Waals surface area (Å²) < 4.78 is 10.7.